The van der Waals surface area contributed by atoms with Crippen molar-refractivity contribution in [3.05, 3.63) is 83.7 Å². The molecule has 0 spiro atoms. The molecule has 0 saturated heterocycles. The summed E-state index contributed by atoms with van der Waals surface area (Å²) in [6.07, 6.45) is -2.87. The molecule has 0 fully saturated rings. The highest BCUT2D eigenvalue weighted by Crippen LogP contribution is 2.32. The molecule has 4 aromatic rings. The van der Waals surface area contributed by atoms with Gasteiger partial charge in [0.2, 0.25) is 0 Å². The van der Waals surface area contributed by atoms with Crippen molar-refractivity contribution in [1.82, 2.24) is 9.97 Å². The van der Waals surface area contributed by atoms with E-state index in [1.54, 1.807) is 31.2 Å². The highest BCUT2D eigenvalue weighted by atomic mass is 19.4. The van der Waals surface area contributed by atoms with Gasteiger partial charge < -0.3 is 19.8 Å². The van der Waals surface area contributed by atoms with Crippen LogP contribution in [0.2, 0.25) is 0 Å². The first-order valence-electron chi connectivity index (χ1n) is 11.2. The van der Waals surface area contributed by atoms with Gasteiger partial charge in [0.15, 0.2) is 18.1 Å². The maximum absolute atomic E-state index is 12.9. The lowest BCUT2D eigenvalue weighted by molar-refractivity contribution is -0.137. The number of aromatic amines is 1. The van der Waals surface area contributed by atoms with Crippen LogP contribution in [0.4, 0.5) is 18.9 Å². The zero-order chi connectivity index (χ0) is 26.4. The standard InChI is InChI=1S/C27H21F3N4O3/c1-2-36-24-13-17(12-18(15-31)26-33-21-8-3-4-9-22(21)34-26)10-11-23(24)37-16-25(35)32-20-7-5-6-19(14-20)27(28,29)30/h3-14H,2,16H2,1H3,(H,32,35)(H,33,34). The van der Waals surface area contributed by atoms with Crippen LogP contribution >= 0.6 is 0 Å². The van der Waals surface area contributed by atoms with Crippen molar-refractivity contribution in [3.8, 4) is 17.6 Å². The summed E-state index contributed by atoms with van der Waals surface area (Å²) >= 11 is 0. The van der Waals surface area contributed by atoms with E-state index >= 15 is 0 Å². The lowest BCUT2D eigenvalue weighted by Crippen LogP contribution is -2.20. The molecule has 0 radical (unpaired) electrons. The van der Waals surface area contributed by atoms with Crippen LogP contribution in [0.1, 0.15) is 23.9 Å². The maximum Gasteiger partial charge on any atom is 0.416 e. The summed E-state index contributed by atoms with van der Waals surface area (Å²) in [5, 5.41) is 12.1. The number of fused-ring (bicyclic) bond motifs is 1. The van der Waals surface area contributed by atoms with Gasteiger partial charge in [-0.2, -0.15) is 18.4 Å². The number of benzene rings is 3. The Morgan fingerprint density at radius 3 is 2.62 bits per heavy atom. The molecule has 1 amide bonds. The molecule has 0 aliphatic heterocycles. The van der Waals surface area contributed by atoms with E-state index in [1.807, 2.05) is 24.3 Å². The first-order valence-corrected chi connectivity index (χ1v) is 11.2. The number of hydrogen-bond acceptors (Lipinski definition) is 5. The Hall–Kier alpha value is -4.78. The summed E-state index contributed by atoms with van der Waals surface area (Å²) in [6, 6.07) is 18.8. The normalized spacial score (nSPS) is 11.7. The van der Waals surface area contributed by atoms with Crippen molar-refractivity contribution in [1.29, 1.82) is 5.26 Å². The average Bonchev–Trinajstić information content (AvgIpc) is 3.31. The molecule has 0 atom stereocenters. The number of nitriles is 1. The molecule has 7 nitrogen and oxygen atoms in total. The first kappa shape index (κ1) is 25.3. The van der Waals surface area contributed by atoms with Gasteiger partial charge in [0, 0.05) is 5.69 Å². The number of nitrogens with one attached hydrogen (secondary N) is 2. The number of amides is 1. The number of carbonyl (C=O) groups excluding carboxylic acids is 1. The van der Waals surface area contributed by atoms with Gasteiger partial charge in [0.05, 0.1) is 28.8 Å². The molecule has 2 N–H and O–H groups in total. The number of anilines is 1. The molecule has 10 heteroatoms. The first-order chi connectivity index (χ1) is 17.8. The Bertz CT molecular complexity index is 1470. The quantitative estimate of drug-likeness (QED) is 0.283. The highest BCUT2D eigenvalue weighted by molar-refractivity contribution is 5.92. The molecule has 4 rings (SSSR count). The van der Waals surface area contributed by atoms with Crippen molar-refractivity contribution in [3.63, 3.8) is 0 Å². The molecule has 0 bridgehead atoms. The molecular weight excluding hydrogens is 485 g/mol. The summed E-state index contributed by atoms with van der Waals surface area (Å²) in [7, 11) is 0. The second-order valence-electron chi connectivity index (χ2n) is 7.83. The lowest BCUT2D eigenvalue weighted by atomic mass is 10.1. The number of hydrogen-bond donors (Lipinski definition) is 2. The van der Waals surface area contributed by atoms with E-state index in [1.165, 1.54) is 12.1 Å². The number of H-pyrrole nitrogens is 1. The number of aromatic nitrogens is 2. The summed E-state index contributed by atoms with van der Waals surface area (Å²) < 4.78 is 49.9. The van der Waals surface area contributed by atoms with Crippen LogP contribution in [0.3, 0.4) is 0 Å². The maximum atomic E-state index is 12.9. The molecule has 37 heavy (non-hydrogen) atoms. The van der Waals surface area contributed by atoms with Gasteiger partial charge in [0.25, 0.3) is 5.91 Å². The van der Waals surface area contributed by atoms with Crippen molar-refractivity contribution in [2.75, 3.05) is 18.5 Å². The van der Waals surface area contributed by atoms with Gasteiger partial charge in [-0.25, -0.2) is 4.98 Å². The van der Waals surface area contributed by atoms with E-state index in [-0.39, 0.29) is 11.4 Å². The van der Waals surface area contributed by atoms with Gasteiger partial charge >= 0.3 is 6.18 Å². The Balaban J connectivity index is 1.48. The Morgan fingerprint density at radius 2 is 1.89 bits per heavy atom. The van der Waals surface area contributed by atoms with Gasteiger partial charge in [-0.05, 0) is 61.0 Å². The molecule has 1 heterocycles. The number of alkyl halides is 3. The monoisotopic (exact) mass is 506 g/mol. The van der Waals surface area contributed by atoms with Crippen molar-refractivity contribution in [2.24, 2.45) is 0 Å². The average molecular weight is 506 g/mol. The number of carbonyl (C=O) groups is 1. The predicted molar refractivity (Wildman–Crippen MR) is 133 cm³/mol. The smallest absolute Gasteiger partial charge is 0.416 e. The number of halogens is 3. The zero-order valence-corrected chi connectivity index (χ0v) is 19.6. The van der Waals surface area contributed by atoms with Crippen LogP contribution in [0.15, 0.2) is 66.7 Å². The van der Waals surface area contributed by atoms with Crippen LogP contribution in [-0.2, 0) is 11.0 Å². The van der Waals surface area contributed by atoms with E-state index in [0.29, 0.717) is 29.3 Å². The molecule has 0 unspecified atom stereocenters. The minimum absolute atomic E-state index is 0.00330. The van der Waals surface area contributed by atoms with Gasteiger partial charge in [-0.15, -0.1) is 0 Å². The van der Waals surface area contributed by atoms with Crippen LogP contribution < -0.4 is 14.8 Å². The van der Waals surface area contributed by atoms with E-state index in [9.17, 15) is 23.2 Å². The fraction of sp³-hybridized carbons (Fsp3) is 0.148. The molecule has 0 saturated carbocycles. The van der Waals surface area contributed by atoms with E-state index in [2.05, 4.69) is 21.4 Å². The predicted octanol–water partition coefficient (Wildman–Crippen LogP) is 6.06. The van der Waals surface area contributed by atoms with Crippen molar-refractivity contribution in [2.45, 2.75) is 13.1 Å². The Kier molecular flexibility index (Phi) is 7.44. The van der Waals surface area contributed by atoms with Crippen LogP contribution in [-0.4, -0.2) is 29.1 Å². The SMILES string of the molecule is CCOc1cc(C=C(C#N)c2nc3ccccc3[nH]2)ccc1OCC(=O)Nc1cccc(C(F)(F)F)c1. The lowest BCUT2D eigenvalue weighted by Gasteiger charge is -2.13. The second-order valence-corrected chi connectivity index (χ2v) is 7.83. The molecular formula is C27H21F3N4O3. The molecule has 0 aliphatic carbocycles. The number of allylic oxidation sites excluding steroid dienone is 1. The molecule has 0 aliphatic rings. The fourth-order valence-corrected chi connectivity index (χ4v) is 3.52. The van der Waals surface area contributed by atoms with Crippen LogP contribution in [0, 0.1) is 11.3 Å². The molecule has 188 valence electrons. The van der Waals surface area contributed by atoms with Crippen LogP contribution in [0.5, 0.6) is 11.5 Å². The van der Waals surface area contributed by atoms with Gasteiger partial charge in [0.1, 0.15) is 11.9 Å². The number of ether oxygens (including phenoxy) is 2. The van der Waals surface area contributed by atoms with Gasteiger partial charge in [-0.3, -0.25) is 4.79 Å². The topological polar surface area (TPSA) is 100 Å². The molecule has 1 aromatic heterocycles. The minimum Gasteiger partial charge on any atom is -0.490 e. The fourth-order valence-electron chi connectivity index (χ4n) is 3.52. The van der Waals surface area contributed by atoms with E-state index in [4.69, 9.17) is 9.47 Å². The summed E-state index contributed by atoms with van der Waals surface area (Å²) in [5.41, 5.74) is 1.63. The van der Waals surface area contributed by atoms with Gasteiger partial charge in [-0.1, -0.05) is 24.3 Å². The summed E-state index contributed by atoms with van der Waals surface area (Å²) in [6.45, 7) is 1.64. The van der Waals surface area contributed by atoms with Crippen LogP contribution in [0.25, 0.3) is 22.7 Å². The number of rotatable bonds is 8. The number of imidazole rings is 1. The minimum atomic E-state index is -4.52. The largest absolute Gasteiger partial charge is 0.490 e. The number of para-hydroxylation sites is 2. The summed E-state index contributed by atoms with van der Waals surface area (Å²) in [4.78, 5) is 19.9. The third kappa shape index (κ3) is 6.27. The second kappa shape index (κ2) is 10.9. The Labute approximate surface area is 210 Å². The highest BCUT2D eigenvalue weighted by Gasteiger charge is 2.30. The molecule has 3 aromatic carbocycles. The van der Waals surface area contributed by atoms with Crippen molar-refractivity contribution < 1.29 is 27.4 Å². The summed E-state index contributed by atoms with van der Waals surface area (Å²) in [5.74, 6) is 0.390. The third-order valence-electron chi connectivity index (χ3n) is 5.18. The van der Waals surface area contributed by atoms with Crippen molar-refractivity contribution >= 4 is 34.3 Å². The Morgan fingerprint density at radius 1 is 1.08 bits per heavy atom. The third-order valence-corrected chi connectivity index (χ3v) is 5.18. The number of nitrogens with zero attached hydrogens (tertiary/aromatic N) is 2. The van der Waals surface area contributed by atoms with E-state index < -0.39 is 24.3 Å². The van der Waals surface area contributed by atoms with E-state index in [0.717, 1.165) is 23.2 Å². The zero-order valence-electron chi connectivity index (χ0n) is 19.6.